The summed E-state index contributed by atoms with van der Waals surface area (Å²) in [6.07, 6.45) is 2.78. The summed E-state index contributed by atoms with van der Waals surface area (Å²) >= 11 is 3.22. The van der Waals surface area contributed by atoms with E-state index in [0.717, 1.165) is 0 Å². The Morgan fingerprint density at radius 2 is 1.23 bits per heavy atom. The lowest BCUT2D eigenvalue weighted by Crippen LogP contribution is -2.53. The van der Waals surface area contributed by atoms with Crippen LogP contribution in [0.1, 0.15) is 31.4 Å². The second-order valence-corrected chi connectivity index (χ2v) is 15.7. The van der Waals surface area contributed by atoms with Crippen molar-refractivity contribution in [3.63, 3.8) is 0 Å². The molecule has 0 heterocycles. The van der Waals surface area contributed by atoms with Gasteiger partial charge in [0.15, 0.2) is 0 Å². The molecule has 0 aliphatic rings. The van der Waals surface area contributed by atoms with Gasteiger partial charge in [0.2, 0.25) is 40.1 Å². The molecule has 174 valence electrons. The van der Waals surface area contributed by atoms with Crippen molar-refractivity contribution in [2.75, 3.05) is 25.0 Å². The molecule has 15 heteroatoms. The Labute approximate surface area is 187 Å². The molecule has 10 nitrogen and oxygen atoms in total. The molecular formula is C15H25BrN2O8S4. The fraction of sp³-hybridized carbons (Fsp3) is 0.600. The third-order valence-electron chi connectivity index (χ3n) is 3.94. The first-order valence-corrected chi connectivity index (χ1v) is 16.6. The highest BCUT2D eigenvalue weighted by atomic mass is 79.9. The van der Waals surface area contributed by atoms with Crippen LogP contribution in [0.3, 0.4) is 0 Å². The molecular weight excluding hydrogens is 544 g/mol. The summed E-state index contributed by atoms with van der Waals surface area (Å²) in [5.41, 5.74) is 0.107. The van der Waals surface area contributed by atoms with Gasteiger partial charge in [0.05, 0.1) is 37.1 Å². The van der Waals surface area contributed by atoms with Crippen LogP contribution in [0.25, 0.3) is 0 Å². The summed E-state index contributed by atoms with van der Waals surface area (Å²) < 4.78 is 101. The zero-order chi connectivity index (χ0) is 23.7. The predicted molar refractivity (Wildman–Crippen MR) is 119 cm³/mol. The number of rotatable bonds is 10. The van der Waals surface area contributed by atoms with Gasteiger partial charge in [0.1, 0.15) is 0 Å². The highest BCUT2D eigenvalue weighted by Gasteiger charge is 2.47. The molecule has 0 aliphatic carbocycles. The Kier molecular flexibility index (Phi) is 8.70. The topological polar surface area (TPSA) is 143 Å². The van der Waals surface area contributed by atoms with Gasteiger partial charge in [0.25, 0.3) is 0 Å². The zero-order valence-corrected chi connectivity index (χ0v) is 21.9. The Morgan fingerprint density at radius 1 is 0.800 bits per heavy atom. The molecule has 0 saturated carbocycles. The van der Waals surface area contributed by atoms with Crippen LogP contribution in [-0.2, 0) is 40.1 Å². The van der Waals surface area contributed by atoms with Crippen molar-refractivity contribution < 1.29 is 33.7 Å². The quantitative estimate of drug-likeness (QED) is 0.408. The number of nitrogens with zero attached hydrogens (tertiary/aromatic N) is 2. The molecule has 0 bridgehead atoms. The number of sulfonamides is 4. The maximum Gasteiger partial charge on any atom is 0.224 e. The summed E-state index contributed by atoms with van der Waals surface area (Å²) in [5, 5.41) is 0. The molecule has 1 rings (SSSR count). The van der Waals surface area contributed by atoms with Crippen LogP contribution in [0.2, 0.25) is 0 Å². The van der Waals surface area contributed by atoms with E-state index in [2.05, 4.69) is 15.9 Å². The standard InChI is InChI=1S/C15H25BrN2O8S4/c1-6-8-14(17(27(2,19)20)28(3,21)22)15(12-9-7-10-13(16)11-12)18(29(4,23)24)30(5,25)26/h7,9-11,14-15H,6,8H2,1-5H3/t14-,15+/m1/s1. The highest BCUT2D eigenvalue weighted by Crippen LogP contribution is 2.37. The van der Waals surface area contributed by atoms with Crippen molar-refractivity contribution in [3.8, 4) is 0 Å². The SMILES string of the molecule is CCC[C@H]([C@H](c1cccc(Br)c1)N(S(C)(=O)=O)S(C)(=O)=O)N(S(C)(=O)=O)S(C)(=O)=O. The third-order valence-corrected chi connectivity index (χ3v) is 11.3. The van der Waals surface area contributed by atoms with Crippen molar-refractivity contribution in [1.82, 2.24) is 7.42 Å². The minimum absolute atomic E-state index is 0.107. The van der Waals surface area contributed by atoms with Crippen molar-refractivity contribution in [1.29, 1.82) is 0 Å². The zero-order valence-electron chi connectivity index (χ0n) is 17.0. The van der Waals surface area contributed by atoms with E-state index in [-0.39, 0.29) is 25.8 Å². The molecule has 2 atom stereocenters. The normalized spacial score (nSPS) is 16.0. The Bertz CT molecular complexity index is 1130. The first-order valence-electron chi connectivity index (χ1n) is 8.46. The van der Waals surface area contributed by atoms with Crippen molar-refractivity contribution in [2.45, 2.75) is 31.8 Å². The first kappa shape index (κ1) is 27.5. The summed E-state index contributed by atoms with van der Waals surface area (Å²) in [6.45, 7) is 1.64. The summed E-state index contributed by atoms with van der Waals surface area (Å²) in [4.78, 5) is 0. The monoisotopic (exact) mass is 568 g/mol. The van der Waals surface area contributed by atoms with Crippen LogP contribution in [0.5, 0.6) is 0 Å². The highest BCUT2D eigenvalue weighted by molar-refractivity contribution is 9.10. The van der Waals surface area contributed by atoms with E-state index < -0.39 is 52.2 Å². The Hall–Kier alpha value is -0.580. The minimum atomic E-state index is -4.46. The Morgan fingerprint density at radius 3 is 1.57 bits per heavy atom. The van der Waals surface area contributed by atoms with Gasteiger partial charge in [0, 0.05) is 4.47 Å². The molecule has 0 aromatic heterocycles. The van der Waals surface area contributed by atoms with Gasteiger partial charge in [-0.1, -0.05) is 48.8 Å². The second kappa shape index (κ2) is 9.50. The van der Waals surface area contributed by atoms with Crippen LogP contribution in [0.4, 0.5) is 0 Å². The average molecular weight is 570 g/mol. The molecule has 0 unspecified atom stereocenters. The Balaban J connectivity index is 4.11. The molecule has 0 fully saturated rings. The van der Waals surface area contributed by atoms with Crippen molar-refractivity contribution in [3.05, 3.63) is 34.3 Å². The third kappa shape index (κ3) is 6.97. The van der Waals surface area contributed by atoms with Gasteiger partial charge in [-0.05, 0) is 24.1 Å². The maximum absolute atomic E-state index is 12.5. The molecule has 0 radical (unpaired) electrons. The molecule has 0 saturated heterocycles. The van der Waals surface area contributed by atoms with E-state index in [1.807, 2.05) is 0 Å². The van der Waals surface area contributed by atoms with Crippen LogP contribution in [0, 0.1) is 0 Å². The molecule has 0 amide bonds. The van der Waals surface area contributed by atoms with E-state index in [9.17, 15) is 33.7 Å². The average Bonchev–Trinajstić information content (AvgIpc) is 2.46. The van der Waals surface area contributed by atoms with Gasteiger partial charge in [-0.2, -0.15) is 0 Å². The molecule has 0 spiro atoms. The number of hydrogen-bond acceptors (Lipinski definition) is 8. The summed E-state index contributed by atoms with van der Waals surface area (Å²) in [7, 11) is -17.7. The first-order chi connectivity index (χ1) is 13.3. The number of halogens is 1. The van der Waals surface area contributed by atoms with Gasteiger partial charge >= 0.3 is 0 Å². The van der Waals surface area contributed by atoms with E-state index in [0.29, 0.717) is 29.5 Å². The minimum Gasteiger partial charge on any atom is -0.212 e. The molecule has 0 aliphatic heterocycles. The van der Waals surface area contributed by atoms with Gasteiger partial charge in [-0.15, -0.1) is 0 Å². The lowest BCUT2D eigenvalue weighted by atomic mass is 9.97. The van der Waals surface area contributed by atoms with E-state index >= 15 is 0 Å². The fourth-order valence-electron chi connectivity index (χ4n) is 3.25. The molecule has 1 aromatic carbocycles. The van der Waals surface area contributed by atoms with E-state index in [1.54, 1.807) is 13.0 Å². The smallest absolute Gasteiger partial charge is 0.212 e. The fourth-order valence-corrected chi connectivity index (χ4v) is 10.4. The molecule has 1 aromatic rings. The summed E-state index contributed by atoms with van der Waals surface area (Å²) in [6, 6.07) is 2.73. The van der Waals surface area contributed by atoms with Crippen molar-refractivity contribution >= 4 is 56.0 Å². The number of hydrogen-bond donors (Lipinski definition) is 0. The maximum atomic E-state index is 12.5. The number of benzene rings is 1. The lowest BCUT2D eigenvalue weighted by molar-refractivity contribution is 0.284. The van der Waals surface area contributed by atoms with Gasteiger partial charge < -0.3 is 0 Å². The van der Waals surface area contributed by atoms with Crippen LogP contribution in [0.15, 0.2) is 28.7 Å². The van der Waals surface area contributed by atoms with Crippen LogP contribution in [-0.4, -0.2) is 72.2 Å². The van der Waals surface area contributed by atoms with Gasteiger partial charge in [-0.25, -0.2) is 33.7 Å². The van der Waals surface area contributed by atoms with E-state index in [4.69, 9.17) is 0 Å². The van der Waals surface area contributed by atoms with Crippen molar-refractivity contribution in [2.24, 2.45) is 0 Å². The molecule has 30 heavy (non-hydrogen) atoms. The lowest BCUT2D eigenvalue weighted by Gasteiger charge is -2.38. The van der Waals surface area contributed by atoms with Gasteiger partial charge in [-0.3, -0.25) is 0 Å². The second-order valence-electron chi connectivity index (χ2n) is 6.86. The largest absolute Gasteiger partial charge is 0.224 e. The van der Waals surface area contributed by atoms with Crippen LogP contribution < -0.4 is 0 Å². The summed E-state index contributed by atoms with van der Waals surface area (Å²) in [5.74, 6) is 0. The van der Waals surface area contributed by atoms with Crippen LogP contribution >= 0.6 is 15.9 Å². The predicted octanol–water partition coefficient (Wildman–Crippen LogP) is 1.10. The van der Waals surface area contributed by atoms with E-state index in [1.165, 1.54) is 18.2 Å². The molecule has 0 N–H and O–H groups in total.